The predicted molar refractivity (Wildman–Crippen MR) is 113 cm³/mol. The monoisotopic (exact) mass is 387 g/mol. The minimum atomic E-state index is -0.617. The summed E-state index contributed by atoms with van der Waals surface area (Å²) in [5, 5.41) is 4.11. The summed E-state index contributed by atoms with van der Waals surface area (Å²) in [6, 6.07) is 24.5. The topological polar surface area (TPSA) is 93.8 Å². The predicted octanol–water partition coefficient (Wildman–Crippen LogP) is 3.37. The molecular formula is C23H21N3O3. The van der Waals surface area contributed by atoms with Crippen LogP contribution >= 0.6 is 0 Å². The lowest BCUT2D eigenvalue weighted by Crippen LogP contribution is -2.26. The highest BCUT2D eigenvalue weighted by Gasteiger charge is 2.10. The first-order chi connectivity index (χ1) is 14.0. The highest BCUT2D eigenvalue weighted by Crippen LogP contribution is 2.19. The summed E-state index contributed by atoms with van der Waals surface area (Å²) in [4.78, 5) is 23.4. The molecule has 0 aliphatic rings. The van der Waals surface area contributed by atoms with Crippen molar-refractivity contribution in [2.75, 3.05) is 6.61 Å². The molecule has 2 amide bonds. The van der Waals surface area contributed by atoms with Gasteiger partial charge in [0.15, 0.2) is 6.61 Å². The molecule has 0 spiro atoms. The number of amides is 2. The highest BCUT2D eigenvalue weighted by atomic mass is 16.5. The Morgan fingerprint density at radius 3 is 2.21 bits per heavy atom. The Labute approximate surface area is 169 Å². The van der Waals surface area contributed by atoms with Gasteiger partial charge in [0, 0.05) is 0 Å². The molecule has 3 N–H and O–H groups in total. The molecule has 3 aromatic rings. The molecule has 3 aromatic carbocycles. The van der Waals surface area contributed by atoms with Crippen molar-refractivity contribution in [1.82, 2.24) is 5.43 Å². The molecule has 29 heavy (non-hydrogen) atoms. The number of hydrogen-bond donors (Lipinski definition) is 2. The van der Waals surface area contributed by atoms with E-state index in [0.29, 0.717) is 5.71 Å². The summed E-state index contributed by atoms with van der Waals surface area (Å²) in [5.74, 6) is -0.800. The van der Waals surface area contributed by atoms with Gasteiger partial charge in [-0.2, -0.15) is 5.10 Å². The Morgan fingerprint density at radius 2 is 1.52 bits per heavy atom. The standard InChI is InChI=1S/C23H21N3O3/c1-16(17-11-13-19(14-12-17)18-7-3-2-4-8-18)25-26-22(27)15-29-21-10-6-5-9-20(21)23(24)28/h2-14H,15H2,1H3,(H2,24,28)(H,26,27). The van der Waals surface area contributed by atoms with E-state index in [-0.39, 0.29) is 17.9 Å². The van der Waals surface area contributed by atoms with Crippen LogP contribution in [0.5, 0.6) is 5.75 Å². The molecule has 3 rings (SSSR count). The van der Waals surface area contributed by atoms with Crippen molar-refractivity contribution < 1.29 is 14.3 Å². The molecule has 146 valence electrons. The number of benzene rings is 3. The minimum Gasteiger partial charge on any atom is -0.483 e. The number of nitrogens with one attached hydrogen (secondary N) is 1. The lowest BCUT2D eigenvalue weighted by Gasteiger charge is -2.09. The number of primary amides is 1. The van der Waals surface area contributed by atoms with E-state index < -0.39 is 11.8 Å². The second kappa shape index (κ2) is 9.32. The summed E-state index contributed by atoms with van der Waals surface area (Å²) in [6.07, 6.45) is 0. The first kappa shape index (κ1) is 19.8. The number of hydrazone groups is 1. The molecule has 0 saturated carbocycles. The maximum absolute atomic E-state index is 12.0. The third kappa shape index (κ3) is 5.29. The number of nitrogens with zero attached hydrogens (tertiary/aromatic N) is 1. The van der Waals surface area contributed by atoms with Crippen LogP contribution < -0.4 is 15.9 Å². The van der Waals surface area contributed by atoms with E-state index >= 15 is 0 Å². The van der Waals surface area contributed by atoms with Gasteiger partial charge < -0.3 is 10.5 Å². The smallest absolute Gasteiger partial charge is 0.277 e. The lowest BCUT2D eigenvalue weighted by atomic mass is 10.0. The van der Waals surface area contributed by atoms with E-state index in [1.54, 1.807) is 25.1 Å². The second-order valence-corrected chi connectivity index (χ2v) is 6.32. The van der Waals surface area contributed by atoms with E-state index in [2.05, 4.69) is 10.5 Å². The van der Waals surface area contributed by atoms with E-state index in [9.17, 15) is 9.59 Å². The molecule has 0 unspecified atom stereocenters. The molecule has 0 aliphatic heterocycles. The quantitative estimate of drug-likeness (QED) is 0.481. The van der Waals surface area contributed by atoms with Crippen LogP contribution in [0.15, 0.2) is 84.0 Å². The summed E-state index contributed by atoms with van der Waals surface area (Å²) in [5.41, 5.74) is 11.8. The summed E-state index contributed by atoms with van der Waals surface area (Å²) < 4.78 is 5.38. The van der Waals surface area contributed by atoms with Gasteiger partial charge in [0.2, 0.25) is 0 Å². The molecule has 0 aliphatic carbocycles. The summed E-state index contributed by atoms with van der Waals surface area (Å²) >= 11 is 0. The number of carbonyl (C=O) groups is 2. The minimum absolute atomic E-state index is 0.221. The zero-order chi connectivity index (χ0) is 20.6. The first-order valence-corrected chi connectivity index (χ1v) is 9.05. The second-order valence-electron chi connectivity index (χ2n) is 6.32. The Bertz CT molecular complexity index is 1030. The molecule has 0 radical (unpaired) electrons. The Hall–Kier alpha value is -3.93. The fraction of sp³-hybridized carbons (Fsp3) is 0.0870. The van der Waals surface area contributed by atoms with Gasteiger partial charge in [-0.3, -0.25) is 9.59 Å². The summed E-state index contributed by atoms with van der Waals surface area (Å²) in [6.45, 7) is 1.52. The number of nitrogens with two attached hydrogens (primary N) is 1. The van der Waals surface area contributed by atoms with E-state index in [4.69, 9.17) is 10.5 Å². The largest absolute Gasteiger partial charge is 0.483 e. The zero-order valence-electron chi connectivity index (χ0n) is 16.0. The van der Waals surface area contributed by atoms with Crippen molar-refractivity contribution in [1.29, 1.82) is 0 Å². The summed E-state index contributed by atoms with van der Waals surface area (Å²) in [7, 11) is 0. The molecule has 6 heteroatoms. The van der Waals surface area contributed by atoms with Crippen molar-refractivity contribution in [3.05, 3.63) is 90.0 Å². The van der Waals surface area contributed by atoms with Crippen LogP contribution in [-0.2, 0) is 4.79 Å². The molecular weight excluding hydrogens is 366 g/mol. The number of rotatable bonds is 7. The molecule has 0 atom stereocenters. The average Bonchev–Trinajstić information content (AvgIpc) is 2.77. The van der Waals surface area contributed by atoms with Crippen LogP contribution in [0.4, 0.5) is 0 Å². The lowest BCUT2D eigenvalue weighted by molar-refractivity contribution is -0.123. The van der Waals surface area contributed by atoms with Crippen molar-refractivity contribution in [3.63, 3.8) is 0 Å². The van der Waals surface area contributed by atoms with Crippen LogP contribution in [0.1, 0.15) is 22.8 Å². The van der Waals surface area contributed by atoms with Crippen molar-refractivity contribution in [2.24, 2.45) is 10.8 Å². The number of carbonyl (C=O) groups excluding carboxylic acids is 2. The maximum atomic E-state index is 12.0. The SMILES string of the molecule is CC(=NNC(=O)COc1ccccc1C(N)=O)c1ccc(-c2ccccc2)cc1. The van der Waals surface area contributed by atoms with E-state index in [0.717, 1.165) is 16.7 Å². The fourth-order valence-electron chi connectivity index (χ4n) is 2.72. The highest BCUT2D eigenvalue weighted by molar-refractivity contribution is 5.99. The molecule has 0 saturated heterocycles. The van der Waals surface area contributed by atoms with Crippen LogP contribution in [0, 0.1) is 0 Å². The van der Waals surface area contributed by atoms with Gasteiger partial charge in [-0.25, -0.2) is 5.43 Å². The van der Waals surface area contributed by atoms with E-state index in [1.807, 2.05) is 54.6 Å². The fourth-order valence-corrected chi connectivity index (χ4v) is 2.72. The van der Waals surface area contributed by atoms with Crippen molar-refractivity contribution >= 4 is 17.5 Å². The Kier molecular flexibility index (Phi) is 6.37. The third-order valence-electron chi connectivity index (χ3n) is 4.27. The van der Waals surface area contributed by atoms with Crippen molar-refractivity contribution in [2.45, 2.75) is 6.92 Å². The van der Waals surface area contributed by atoms with Gasteiger partial charge in [-0.15, -0.1) is 0 Å². The Morgan fingerprint density at radius 1 is 0.897 bits per heavy atom. The van der Waals surface area contributed by atoms with Crippen LogP contribution in [0.25, 0.3) is 11.1 Å². The van der Waals surface area contributed by atoms with Gasteiger partial charge in [-0.05, 0) is 35.7 Å². The average molecular weight is 387 g/mol. The Balaban J connectivity index is 1.58. The molecule has 0 bridgehead atoms. The third-order valence-corrected chi connectivity index (χ3v) is 4.27. The van der Waals surface area contributed by atoms with Gasteiger partial charge in [0.25, 0.3) is 11.8 Å². The molecule has 0 aromatic heterocycles. The van der Waals surface area contributed by atoms with Crippen LogP contribution in [0.2, 0.25) is 0 Å². The number of para-hydroxylation sites is 1. The van der Waals surface area contributed by atoms with Gasteiger partial charge in [0.05, 0.1) is 11.3 Å². The van der Waals surface area contributed by atoms with Gasteiger partial charge >= 0.3 is 0 Å². The first-order valence-electron chi connectivity index (χ1n) is 9.05. The van der Waals surface area contributed by atoms with Crippen LogP contribution in [-0.4, -0.2) is 24.1 Å². The number of hydrogen-bond acceptors (Lipinski definition) is 4. The van der Waals surface area contributed by atoms with Gasteiger partial charge in [-0.1, -0.05) is 66.7 Å². The zero-order valence-corrected chi connectivity index (χ0v) is 16.0. The normalized spacial score (nSPS) is 11.0. The van der Waals surface area contributed by atoms with Crippen molar-refractivity contribution in [3.8, 4) is 16.9 Å². The molecule has 6 nitrogen and oxygen atoms in total. The van der Waals surface area contributed by atoms with E-state index in [1.165, 1.54) is 6.07 Å². The van der Waals surface area contributed by atoms with Crippen LogP contribution in [0.3, 0.4) is 0 Å². The molecule has 0 fully saturated rings. The maximum Gasteiger partial charge on any atom is 0.277 e. The van der Waals surface area contributed by atoms with Gasteiger partial charge in [0.1, 0.15) is 5.75 Å². The molecule has 0 heterocycles. The number of ether oxygens (including phenoxy) is 1.